The molecule has 0 saturated carbocycles. The van der Waals surface area contributed by atoms with Crippen molar-refractivity contribution in [1.29, 1.82) is 0 Å². The molecule has 5 heteroatoms. The molecule has 0 aliphatic carbocycles. The maximum atomic E-state index is 5.83. The Labute approximate surface area is 102 Å². The quantitative estimate of drug-likeness (QED) is 0.755. The van der Waals surface area contributed by atoms with Crippen LogP contribution in [0.15, 0.2) is 35.8 Å². The Kier molecular flexibility index (Phi) is 2.26. The molecule has 0 aliphatic rings. The van der Waals surface area contributed by atoms with Crippen LogP contribution in [0.3, 0.4) is 0 Å². The Morgan fingerprint density at radius 3 is 2.71 bits per heavy atom. The first-order chi connectivity index (χ1) is 8.28. The molecular formula is C12H11N3OS. The third-order valence-corrected chi connectivity index (χ3v) is 3.48. The number of methoxy groups -OCH3 is 1. The van der Waals surface area contributed by atoms with Crippen LogP contribution in [0.2, 0.25) is 0 Å². The van der Waals surface area contributed by atoms with Gasteiger partial charge in [0.05, 0.1) is 12.8 Å². The molecule has 3 rings (SSSR count). The first kappa shape index (κ1) is 10.2. The number of fused-ring (bicyclic) bond motifs is 1. The number of thiazole rings is 1. The van der Waals surface area contributed by atoms with Crippen LogP contribution in [0, 0.1) is 0 Å². The molecule has 2 heterocycles. The molecule has 3 aromatic rings. The van der Waals surface area contributed by atoms with Crippen molar-refractivity contribution in [2.75, 3.05) is 12.8 Å². The van der Waals surface area contributed by atoms with E-state index in [1.807, 2.05) is 40.2 Å². The van der Waals surface area contributed by atoms with E-state index in [4.69, 9.17) is 10.5 Å². The van der Waals surface area contributed by atoms with Crippen LogP contribution < -0.4 is 10.5 Å². The van der Waals surface area contributed by atoms with Gasteiger partial charge in [-0.05, 0) is 24.3 Å². The van der Waals surface area contributed by atoms with Gasteiger partial charge in [-0.2, -0.15) is 0 Å². The fourth-order valence-electron chi connectivity index (χ4n) is 1.70. The van der Waals surface area contributed by atoms with E-state index < -0.39 is 0 Å². The largest absolute Gasteiger partial charge is 0.497 e. The molecule has 1 aromatic carbocycles. The average Bonchev–Trinajstić information content (AvgIpc) is 2.92. The fourth-order valence-corrected chi connectivity index (χ4v) is 2.46. The van der Waals surface area contributed by atoms with Crippen LogP contribution in [0.4, 0.5) is 5.82 Å². The second-order valence-corrected chi connectivity index (χ2v) is 4.50. The first-order valence-electron chi connectivity index (χ1n) is 5.14. The molecule has 0 atom stereocenters. The lowest BCUT2D eigenvalue weighted by molar-refractivity contribution is 0.415. The van der Waals surface area contributed by atoms with Crippen LogP contribution in [-0.4, -0.2) is 16.5 Å². The third-order valence-electron chi connectivity index (χ3n) is 2.62. The molecule has 2 aromatic heterocycles. The normalized spacial score (nSPS) is 10.9. The average molecular weight is 245 g/mol. The van der Waals surface area contributed by atoms with Gasteiger partial charge < -0.3 is 10.5 Å². The Morgan fingerprint density at radius 2 is 2.06 bits per heavy atom. The molecule has 2 N–H and O–H groups in total. The van der Waals surface area contributed by atoms with E-state index >= 15 is 0 Å². The number of anilines is 1. The van der Waals surface area contributed by atoms with Gasteiger partial charge >= 0.3 is 0 Å². The zero-order valence-corrected chi connectivity index (χ0v) is 10.1. The number of nitrogens with two attached hydrogens (primary N) is 1. The van der Waals surface area contributed by atoms with E-state index in [1.165, 1.54) is 11.3 Å². The van der Waals surface area contributed by atoms with Crippen molar-refractivity contribution in [3.63, 3.8) is 0 Å². The zero-order valence-electron chi connectivity index (χ0n) is 9.25. The van der Waals surface area contributed by atoms with Crippen molar-refractivity contribution < 1.29 is 4.74 Å². The standard InChI is InChI=1S/C12H11N3OS/c1-16-9-4-2-8(3-5-9)10-6-15-11(13)7-17-12(15)14-10/h2-7H,13H2,1H3. The Hall–Kier alpha value is -2.01. The van der Waals surface area contributed by atoms with Gasteiger partial charge in [0.25, 0.3) is 0 Å². The summed E-state index contributed by atoms with van der Waals surface area (Å²) in [5.41, 5.74) is 7.81. The number of ether oxygens (including phenoxy) is 1. The molecule has 0 amide bonds. The molecule has 0 aliphatic heterocycles. The number of benzene rings is 1. The number of hydrogen-bond acceptors (Lipinski definition) is 4. The van der Waals surface area contributed by atoms with Gasteiger partial charge in [-0.1, -0.05) is 0 Å². The maximum Gasteiger partial charge on any atom is 0.195 e. The summed E-state index contributed by atoms with van der Waals surface area (Å²) in [6.45, 7) is 0. The van der Waals surface area contributed by atoms with Crippen molar-refractivity contribution in [3.05, 3.63) is 35.8 Å². The number of rotatable bonds is 2. The number of hydrogen-bond donors (Lipinski definition) is 1. The topological polar surface area (TPSA) is 52.5 Å². The molecular weight excluding hydrogens is 234 g/mol. The number of nitrogen functional groups attached to an aromatic ring is 1. The van der Waals surface area contributed by atoms with Gasteiger partial charge in [0.2, 0.25) is 0 Å². The van der Waals surface area contributed by atoms with Crippen molar-refractivity contribution >= 4 is 22.1 Å². The molecule has 4 nitrogen and oxygen atoms in total. The molecule has 0 unspecified atom stereocenters. The highest BCUT2D eigenvalue weighted by Gasteiger charge is 2.07. The Morgan fingerprint density at radius 1 is 1.29 bits per heavy atom. The lowest BCUT2D eigenvalue weighted by Gasteiger charge is -2.00. The van der Waals surface area contributed by atoms with Gasteiger partial charge in [-0.25, -0.2) is 4.98 Å². The predicted molar refractivity (Wildman–Crippen MR) is 69.5 cm³/mol. The lowest BCUT2D eigenvalue weighted by atomic mass is 10.2. The molecule has 0 fully saturated rings. The van der Waals surface area contributed by atoms with E-state index in [0.29, 0.717) is 0 Å². The third kappa shape index (κ3) is 1.64. The molecule has 0 radical (unpaired) electrons. The van der Waals surface area contributed by atoms with E-state index in [1.54, 1.807) is 7.11 Å². The van der Waals surface area contributed by atoms with E-state index in [0.717, 1.165) is 27.8 Å². The molecule has 86 valence electrons. The van der Waals surface area contributed by atoms with E-state index in [9.17, 15) is 0 Å². The van der Waals surface area contributed by atoms with Gasteiger partial charge in [0.1, 0.15) is 11.6 Å². The number of aromatic nitrogens is 2. The number of nitrogens with zero attached hydrogens (tertiary/aromatic N) is 2. The molecule has 17 heavy (non-hydrogen) atoms. The van der Waals surface area contributed by atoms with Gasteiger partial charge in [0, 0.05) is 17.1 Å². The summed E-state index contributed by atoms with van der Waals surface area (Å²) in [6, 6.07) is 7.82. The lowest BCUT2D eigenvalue weighted by Crippen LogP contribution is -1.87. The smallest absolute Gasteiger partial charge is 0.195 e. The number of imidazole rings is 1. The van der Waals surface area contributed by atoms with Gasteiger partial charge in [0.15, 0.2) is 4.96 Å². The summed E-state index contributed by atoms with van der Waals surface area (Å²) < 4.78 is 7.02. The van der Waals surface area contributed by atoms with Crippen LogP contribution in [0.25, 0.3) is 16.2 Å². The molecule has 0 spiro atoms. The summed E-state index contributed by atoms with van der Waals surface area (Å²) in [6.07, 6.45) is 1.95. The monoisotopic (exact) mass is 245 g/mol. The predicted octanol–water partition coefficient (Wildman–Crippen LogP) is 2.65. The minimum absolute atomic E-state index is 0.720. The van der Waals surface area contributed by atoms with Gasteiger partial charge in [-0.15, -0.1) is 11.3 Å². The fraction of sp³-hybridized carbons (Fsp3) is 0.0833. The van der Waals surface area contributed by atoms with Crippen molar-refractivity contribution in [2.45, 2.75) is 0 Å². The highest BCUT2D eigenvalue weighted by Crippen LogP contribution is 2.25. The highest BCUT2D eigenvalue weighted by molar-refractivity contribution is 7.15. The van der Waals surface area contributed by atoms with Crippen LogP contribution in [0.5, 0.6) is 5.75 Å². The maximum absolute atomic E-state index is 5.83. The van der Waals surface area contributed by atoms with Crippen LogP contribution in [0.1, 0.15) is 0 Å². The minimum Gasteiger partial charge on any atom is -0.497 e. The molecule has 0 saturated heterocycles. The Balaban J connectivity index is 2.07. The van der Waals surface area contributed by atoms with Gasteiger partial charge in [-0.3, -0.25) is 4.40 Å². The van der Waals surface area contributed by atoms with E-state index in [-0.39, 0.29) is 0 Å². The van der Waals surface area contributed by atoms with Crippen molar-refractivity contribution in [3.8, 4) is 17.0 Å². The van der Waals surface area contributed by atoms with Crippen LogP contribution in [-0.2, 0) is 0 Å². The summed E-state index contributed by atoms with van der Waals surface area (Å²) in [4.78, 5) is 5.43. The molecule has 0 bridgehead atoms. The zero-order chi connectivity index (χ0) is 11.8. The SMILES string of the molecule is COc1ccc(-c2cn3c(N)csc3n2)cc1. The van der Waals surface area contributed by atoms with Crippen molar-refractivity contribution in [2.24, 2.45) is 0 Å². The van der Waals surface area contributed by atoms with E-state index in [2.05, 4.69) is 4.98 Å². The Bertz CT molecular complexity index is 654. The second-order valence-electron chi connectivity index (χ2n) is 3.67. The minimum atomic E-state index is 0.720. The van der Waals surface area contributed by atoms with Crippen LogP contribution >= 0.6 is 11.3 Å². The first-order valence-corrected chi connectivity index (χ1v) is 6.02. The summed E-state index contributed by atoms with van der Waals surface area (Å²) in [5, 5.41) is 1.89. The van der Waals surface area contributed by atoms with Crippen molar-refractivity contribution in [1.82, 2.24) is 9.38 Å². The second kappa shape index (κ2) is 3.78. The summed E-state index contributed by atoms with van der Waals surface area (Å²) in [5.74, 6) is 1.56. The summed E-state index contributed by atoms with van der Waals surface area (Å²) in [7, 11) is 1.66. The highest BCUT2D eigenvalue weighted by atomic mass is 32.1. The summed E-state index contributed by atoms with van der Waals surface area (Å²) >= 11 is 1.54.